The molecule has 2 amide bonds. The fraction of sp³-hybridized carbons (Fsp3) is 0.500. The number of nitrogens with zero attached hydrogens (tertiary/aromatic N) is 1. The van der Waals surface area contributed by atoms with E-state index >= 15 is 0 Å². The molecule has 1 aromatic carbocycles. The number of carbonyl (C=O) groups is 2. The molecule has 0 unspecified atom stereocenters. The Kier molecular flexibility index (Phi) is 4.68. The summed E-state index contributed by atoms with van der Waals surface area (Å²) in [6.07, 6.45) is -0.364. The lowest BCUT2D eigenvalue weighted by atomic mass is 10.1. The SMILES string of the molecule is COc1cc(C(=O)NC2CN(C(=O)OC(C)(C)C)C2)ccc1N. The minimum Gasteiger partial charge on any atom is -0.495 e. The number of hydrogen-bond acceptors (Lipinski definition) is 5. The third kappa shape index (κ3) is 4.28. The molecule has 0 aromatic heterocycles. The molecule has 1 saturated heterocycles. The Morgan fingerprint density at radius 2 is 1.96 bits per heavy atom. The van der Waals surface area contributed by atoms with Crippen LogP contribution in [0.3, 0.4) is 0 Å². The zero-order valence-electron chi connectivity index (χ0n) is 13.9. The predicted molar refractivity (Wildman–Crippen MR) is 86.5 cm³/mol. The molecule has 7 heteroatoms. The van der Waals surface area contributed by atoms with Gasteiger partial charge in [-0.05, 0) is 39.0 Å². The molecule has 1 aliphatic rings. The number of amides is 2. The first-order chi connectivity index (χ1) is 10.7. The quantitative estimate of drug-likeness (QED) is 0.825. The highest BCUT2D eigenvalue weighted by Crippen LogP contribution is 2.22. The molecule has 0 saturated carbocycles. The van der Waals surface area contributed by atoms with Crippen molar-refractivity contribution < 1.29 is 19.1 Å². The fourth-order valence-electron chi connectivity index (χ4n) is 2.17. The molecule has 0 spiro atoms. The van der Waals surface area contributed by atoms with Crippen LogP contribution in [0.1, 0.15) is 31.1 Å². The molecule has 0 bridgehead atoms. The zero-order chi connectivity index (χ0) is 17.2. The summed E-state index contributed by atoms with van der Waals surface area (Å²) < 4.78 is 10.4. The molecule has 7 nitrogen and oxygen atoms in total. The third-order valence-electron chi connectivity index (χ3n) is 3.36. The molecule has 1 aliphatic heterocycles. The number of nitrogens with one attached hydrogen (secondary N) is 1. The average Bonchev–Trinajstić information content (AvgIpc) is 2.40. The molecule has 3 N–H and O–H groups in total. The molecule has 1 heterocycles. The molecule has 0 aliphatic carbocycles. The topological polar surface area (TPSA) is 93.9 Å². The Balaban J connectivity index is 1.86. The number of rotatable bonds is 3. The van der Waals surface area contributed by atoms with Crippen molar-refractivity contribution in [3.63, 3.8) is 0 Å². The van der Waals surface area contributed by atoms with Crippen molar-refractivity contribution in [2.45, 2.75) is 32.4 Å². The van der Waals surface area contributed by atoms with E-state index in [1.807, 2.05) is 20.8 Å². The molecule has 1 fully saturated rings. The Hall–Kier alpha value is -2.44. The standard InChI is InChI=1S/C16H23N3O4/c1-16(2,3)23-15(21)19-8-11(9-19)18-14(20)10-5-6-12(17)13(7-10)22-4/h5-7,11H,8-9,17H2,1-4H3,(H,18,20). The predicted octanol–water partition coefficient (Wildman–Crippen LogP) is 1.63. The van der Waals surface area contributed by atoms with Crippen LogP contribution in [0, 0.1) is 0 Å². The van der Waals surface area contributed by atoms with E-state index in [0.717, 1.165) is 0 Å². The Morgan fingerprint density at radius 3 is 2.52 bits per heavy atom. The summed E-state index contributed by atoms with van der Waals surface area (Å²) in [4.78, 5) is 25.6. The van der Waals surface area contributed by atoms with Gasteiger partial charge in [0.1, 0.15) is 11.4 Å². The molecule has 126 valence electrons. The van der Waals surface area contributed by atoms with Gasteiger partial charge in [0.05, 0.1) is 18.8 Å². The van der Waals surface area contributed by atoms with Gasteiger partial charge >= 0.3 is 6.09 Å². The van der Waals surface area contributed by atoms with E-state index in [0.29, 0.717) is 30.1 Å². The van der Waals surface area contributed by atoms with Crippen molar-refractivity contribution in [1.29, 1.82) is 0 Å². The van der Waals surface area contributed by atoms with Crippen LogP contribution < -0.4 is 15.8 Å². The number of ether oxygens (including phenoxy) is 2. The molecular weight excluding hydrogens is 298 g/mol. The minimum atomic E-state index is -0.522. The van der Waals surface area contributed by atoms with Crippen molar-refractivity contribution in [3.05, 3.63) is 23.8 Å². The maximum atomic E-state index is 12.2. The number of likely N-dealkylation sites (tertiary alicyclic amines) is 1. The Morgan fingerprint density at radius 1 is 1.30 bits per heavy atom. The number of methoxy groups -OCH3 is 1. The summed E-state index contributed by atoms with van der Waals surface area (Å²) in [7, 11) is 1.50. The van der Waals surface area contributed by atoms with Gasteiger partial charge in [-0.2, -0.15) is 0 Å². The Bertz CT molecular complexity index is 604. The lowest BCUT2D eigenvalue weighted by Crippen LogP contribution is -2.61. The largest absolute Gasteiger partial charge is 0.495 e. The first kappa shape index (κ1) is 16.9. The number of nitrogen functional groups attached to an aromatic ring is 1. The second-order valence-corrected chi connectivity index (χ2v) is 6.51. The summed E-state index contributed by atoms with van der Waals surface area (Å²) in [6.45, 7) is 6.33. The number of anilines is 1. The van der Waals surface area contributed by atoms with Crippen LogP contribution in [-0.2, 0) is 4.74 Å². The maximum Gasteiger partial charge on any atom is 0.410 e. The monoisotopic (exact) mass is 321 g/mol. The minimum absolute atomic E-state index is 0.0847. The molecule has 23 heavy (non-hydrogen) atoms. The van der Waals surface area contributed by atoms with Gasteiger partial charge in [0.15, 0.2) is 0 Å². The molecule has 2 rings (SSSR count). The van der Waals surface area contributed by atoms with Crippen LogP contribution in [0.25, 0.3) is 0 Å². The van der Waals surface area contributed by atoms with Crippen molar-refractivity contribution >= 4 is 17.7 Å². The maximum absolute atomic E-state index is 12.2. The zero-order valence-corrected chi connectivity index (χ0v) is 13.9. The summed E-state index contributed by atoms with van der Waals surface area (Å²) in [6, 6.07) is 4.77. The number of hydrogen-bond donors (Lipinski definition) is 2. The van der Waals surface area contributed by atoms with E-state index < -0.39 is 5.60 Å². The molecule has 1 aromatic rings. The normalized spacial score (nSPS) is 14.9. The van der Waals surface area contributed by atoms with E-state index in [1.165, 1.54) is 7.11 Å². The summed E-state index contributed by atoms with van der Waals surface area (Å²) in [5, 5.41) is 2.87. The lowest BCUT2D eigenvalue weighted by Gasteiger charge is -2.39. The summed E-state index contributed by atoms with van der Waals surface area (Å²) in [5.41, 5.74) is 6.14. The van der Waals surface area contributed by atoms with Crippen LogP contribution >= 0.6 is 0 Å². The lowest BCUT2D eigenvalue weighted by molar-refractivity contribution is 0.00533. The third-order valence-corrected chi connectivity index (χ3v) is 3.36. The highest BCUT2D eigenvalue weighted by atomic mass is 16.6. The number of nitrogens with two attached hydrogens (primary N) is 1. The fourth-order valence-corrected chi connectivity index (χ4v) is 2.17. The van der Waals surface area contributed by atoms with Crippen molar-refractivity contribution in [3.8, 4) is 5.75 Å². The van der Waals surface area contributed by atoms with Gasteiger partial charge in [-0.1, -0.05) is 0 Å². The summed E-state index contributed by atoms with van der Waals surface area (Å²) >= 11 is 0. The van der Waals surface area contributed by atoms with E-state index in [4.69, 9.17) is 15.2 Å². The van der Waals surface area contributed by atoms with E-state index in [9.17, 15) is 9.59 Å². The first-order valence-electron chi connectivity index (χ1n) is 7.42. The van der Waals surface area contributed by atoms with Gasteiger partial charge in [-0.3, -0.25) is 4.79 Å². The average molecular weight is 321 g/mol. The highest BCUT2D eigenvalue weighted by molar-refractivity contribution is 5.95. The van der Waals surface area contributed by atoms with Crippen molar-refractivity contribution in [2.75, 3.05) is 25.9 Å². The molecular formula is C16H23N3O4. The highest BCUT2D eigenvalue weighted by Gasteiger charge is 2.34. The van der Waals surface area contributed by atoms with Gasteiger partial charge in [0, 0.05) is 18.7 Å². The van der Waals surface area contributed by atoms with Gasteiger partial charge in [0.2, 0.25) is 0 Å². The van der Waals surface area contributed by atoms with Gasteiger partial charge in [0.25, 0.3) is 5.91 Å². The van der Waals surface area contributed by atoms with Gasteiger partial charge in [-0.15, -0.1) is 0 Å². The second kappa shape index (κ2) is 6.36. The first-order valence-corrected chi connectivity index (χ1v) is 7.42. The van der Waals surface area contributed by atoms with E-state index in [1.54, 1.807) is 23.1 Å². The van der Waals surface area contributed by atoms with E-state index in [-0.39, 0.29) is 18.0 Å². The smallest absolute Gasteiger partial charge is 0.410 e. The van der Waals surface area contributed by atoms with Crippen molar-refractivity contribution in [2.24, 2.45) is 0 Å². The van der Waals surface area contributed by atoms with Crippen LogP contribution in [0.15, 0.2) is 18.2 Å². The second-order valence-electron chi connectivity index (χ2n) is 6.51. The van der Waals surface area contributed by atoms with Crippen LogP contribution in [-0.4, -0.2) is 48.7 Å². The van der Waals surface area contributed by atoms with Gasteiger partial charge < -0.3 is 25.4 Å². The molecule has 0 radical (unpaired) electrons. The molecule has 0 atom stereocenters. The van der Waals surface area contributed by atoms with Crippen LogP contribution in [0.2, 0.25) is 0 Å². The number of carbonyl (C=O) groups excluding carboxylic acids is 2. The van der Waals surface area contributed by atoms with E-state index in [2.05, 4.69) is 5.32 Å². The van der Waals surface area contributed by atoms with Crippen molar-refractivity contribution in [1.82, 2.24) is 10.2 Å². The van der Waals surface area contributed by atoms with Gasteiger partial charge in [-0.25, -0.2) is 4.79 Å². The Labute approximate surface area is 135 Å². The number of benzene rings is 1. The summed E-state index contributed by atoms with van der Waals surface area (Å²) in [5.74, 6) is 0.235. The van der Waals surface area contributed by atoms with Crippen LogP contribution in [0.5, 0.6) is 5.75 Å². The van der Waals surface area contributed by atoms with Crippen LogP contribution in [0.4, 0.5) is 10.5 Å².